The molecule has 0 heterocycles. The van der Waals surface area contributed by atoms with Gasteiger partial charge in [0.25, 0.3) is 15.9 Å². The molecule has 182 valence electrons. The van der Waals surface area contributed by atoms with Crippen molar-refractivity contribution in [3.63, 3.8) is 0 Å². The van der Waals surface area contributed by atoms with Crippen LogP contribution < -0.4 is 9.62 Å². The van der Waals surface area contributed by atoms with Gasteiger partial charge in [-0.25, -0.2) is 13.2 Å². The highest BCUT2D eigenvalue weighted by Gasteiger charge is 2.44. The van der Waals surface area contributed by atoms with Gasteiger partial charge in [0.15, 0.2) is 6.61 Å². The summed E-state index contributed by atoms with van der Waals surface area (Å²) in [5, 5.41) is 2.86. The van der Waals surface area contributed by atoms with Gasteiger partial charge >= 0.3 is 5.97 Å². The predicted octanol–water partition coefficient (Wildman–Crippen LogP) is 3.82. The first-order chi connectivity index (χ1) is 16.7. The van der Waals surface area contributed by atoms with Gasteiger partial charge in [0.05, 0.1) is 16.1 Å². The molecule has 1 fully saturated rings. The van der Waals surface area contributed by atoms with E-state index in [4.69, 9.17) is 4.74 Å². The number of ether oxygens (including phenoxy) is 1. The highest BCUT2D eigenvalue weighted by molar-refractivity contribution is 7.92. The fourth-order valence-electron chi connectivity index (χ4n) is 3.86. The molecule has 0 aromatic heterocycles. The standard InChI is InChI=1S/C27H28N2O5S/c1-20-8-14-24(15-9-20)35(32,33)29(2)23-12-10-21(11-13-23)26(31)34-18-25(30)28-19-27(16-17-27)22-6-4-3-5-7-22/h3-15H,16-19H2,1-2H3,(H,28,30). The minimum Gasteiger partial charge on any atom is -0.452 e. The molecule has 1 aliphatic carbocycles. The van der Waals surface area contributed by atoms with Crippen molar-refractivity contribution < 1.29 is 22.7 Å². The topological polar surface area (TPSA) is 92.8 Å². The van der Waals surface area contributed by atoms with Gasteiger partial charge in [0.1, 0.15) is 0 Å². The molecule has 1 saturated carbocycles. The number of nitrogens with one attached hydrogen (secondary N) is 1. The zero-order valence-corrected chi connectivity index (χ0v) is 20.5. The summed E-state index contributed by atoms with van der Waals surface area (Å²) in [6.45, 7) is 2.01. The van der Waals surface area contributed by atoms with Crippen LogP contribution in [0.15, 0.2) is 83.8 Å². The molecule has 8 heteroatoms. The number of amides is 1. The third-order valence-corrected chi connectivity index (χ3v) is 8.14. The first-order valence-electron chi connectivity index (χ1n) is 11.4. The lowest BCUT2D eigenvalue weighted by atomic mass is 9.96. The van der Waals surface area contributed by atoms with Gasteiger partial charge in [0, 0.05) is 19.0 Å². The Morgan fingerprint density at radius 3 is 2.17 bits per heavy atom. The largest absolute Gasteiger partial charge is 0.452 e. The van der Waals surface area contributed by atoms with Crippen LogP contribution in [0.5, 0.6) is 0 Å². The fraction of sp³-hybridized carbons (Fsp3) is 0.259. The van der Waals surface area contributed by atoms with E-state index in [0.29, 0.717) is 12.2 Å². The summed E-state index contributed by atoms with van der Waals surface area (Å²) in [6.07, 6.45) is 2.02. The monoisotopic (exact) mass is 492 g/mol. The molecule has 35 heavy (non-hydrogen) atoms. The second-order valence-electron chi connectivity index (χ2n) is 8.83. The molecule has 0 radical (unpaired) electrons. The molecule has 1 N–H and O–H groups in total. The first-order valence-corrected chi connectivity index (χ1v) is 12.8. The smallest absolute Gasteiger partial charge is 0.338 e. The van der Waals surface area contributed by atoms with Crippen molar-refractivity contribution in [3.05, 3.63) is 95.6 Å². The van der Waals surface area contributed by atoms with Crippen molar-refractivity contribution in [3.8, 4) is 0 Å². The maximum absolute atomic E-state index is 12.9. The van der Waals surface area contributed by atoms with Crippen molar-refractivity contribution in [2.24, 2.45) is 0 Å². The number of hydrogen-bond acceptors (Lipinski definition) is 5. The van der Waals surface area contributed by atoms with Crippen LogP contribution >= 0.6 is 0 Å². The Morgan fingerprint density at radius 1 is 0.943 bits per heavy atom. The van der Waals surface area contributed by atoms with Crippen LogP contribution in [-0.2, 0) is 25.0 Å². The number of nitrogens with zero attached hydrogens (tertiary/aromatic N) is 1. The second-order valence-corrected chi connectivity index (χ2v) is 10.8. The van der Waals surface area contributed by atoms with Gasteiger partial charge in [0.2, 0.25) is 0 Å². The lowest BCUT2D eigenvalue weighted by Gasteiger charge is -2.20. The quantitative estimate of drug-likeness (QED) is 0.459. The van der Waals surface area contributed by atoms with Crippen LogP contribution in [0.3, 0.4) is 0 Å². The molecule has 4 rings (SSSR count). The summed E-state index contributed by atoms with van der Waals surface area (Å²) in [7, 11) is -2.28. The Balaban J connectivity index is 1.30. The number of rotatable bonds is 9. The molecule has 3 aromatic rings. The number of carbonyl (C=O) groups is 2. The Bertz CT molecular complexity index is 1300. The fourth-order valence-corrected chi connectivity index (χ4v) is 5.05. The SMILES string of the molecule is Cc1ccc(S(=O)(=O)N(C)c2ccc(C(=O)OCC(=O)NCC3(c4ccccc4)CC3)cc2)cc1. The average Bonchev–Trinajstić information content (AvgIpc) is 3.68. The number of sulfonamides is 1. The van der Waals surface area contributed by atoms with Gasteiger partial charge in [-0.1, -0.05) is 48.0 Å². The molecule has 1 amide bonds. The van der Waals surface area contributed by atoms with E-state index in [0.717, 1.165) is 22.7 Å². The van der Waals surface area contributed by atoms with Gasteiger partial charge in [-0.15, -0.1) is 0 Å². The number of hydrogen-bond donors (Lipinski definition) is 1. The Hall–Kier alpha value is -3.65. The Morgan fingerprint density at radius 2 is 1.57 bits per heavy atom. The van der Waals surface area contributed by atoms with Crippen LogP contribution in [0.1, 0.15) is 34.3 Å². The van der Waals surface area contributed by atoms with Gasteiger partial charge < -0.3 is 10.1 Å². The van der Waals surface area contributed by atoms with Gasteiger partial charge in [-0.05, 0) is 61.7 Å². The van der Waals surface area contributed by atoms with E-state index in [9.17, 15) is 18.0 Å². The van der Waals surface area contributed by atoms with Crippen LogP contribution in [0.4, 0.5) is 5.69 Å². The molecule has 0 spiro atoms. The third kappa shape index (κ3) is 5.54. The minimum absolute atomic E-state index is 0.0261. The van der Waals surface area contributed by atoms with E-state index < -0.39 is 16.0 Å². The number of benzene rings is 3. The van der Waals surface area contributed by atoms with Crippen LogP contribution in [0.25, 0.3) is 0 Å². The average molecular weight is 493 g/mol. The second kappa shape index (κ2) is 9.92. The molecule has 3 aromatic carbocycles. The van der Waals surface area contributed by atoms with Crippen LogP contribution in [0.2, 0.25) is 0 Å². The van der Waals surface area contributed by atoms with E-state index in [1.54, 1.807) is 24.3 Å². The molecular formula is C27H28N2O5S. The van der Waals surface area contributed by atoms with Crippen molar-refractivity contribution in [1.29, 1.82) is 0 Å². The maximum Gasteiger partial charge on any atom is 0.338 e. The molecule has 0 atom stereocenters. The molecule has 0 bridgehead atoms. The predicted molar refractivity (Wildman–Crippen MR) is 134 cm³/mol. The number of anilines is 1. The molecule has 1 aliphatic rings. The third-order valence-electron chi connectivity index (χ3n) is 6.34. The normalized spacial score (nSPS) is 14.1. The summed E-state index contributed by atoms with van der Waals surface area (Å²) in [6, 6.07) is 22.7. The zero-order chi connectivity index (χ0) is 25.1. The molecule has 0 aliphatic heterocycles. The van der Waals surface area contributed by atoms with Crippen molar-refractivity contribution in [1.82, 2.24) is 5.32 Å². The van der Waals surface area contributed by atoms with E-state index in [1.807, 2.05) is 25.1 Å². The minimum atomic E-state index is -3.73. The lowest BCUT2D eigenvalue weighted by Crippen LogP contribution is -2.35. The van der Waals surface area contributed by atoms with E-state index >= 15 is 0 Å². The van der Waals surface area contributed by atoms with Crippen LogP contribution in [0, 0.1) is 6.92 Å². The van der Waals surface area contributed by atoms with Crippen LogP contribution in [-0.4, -0.2) is 40.5 Å². The van der Waals surface area contributed by atoms with E-state index in [-0.39, 0.29) is 28.4 Å². The summed E-state index contributed by atoms with van der Waals surface area (Å²) in [5.74, 6) is -1.01. The summed E-state index contributed by atoms with van der Waals surface area (Å²) in [4.78, 5) is 24.8. The number of aryl methyl sites for hydroxylation is 1. The summed E-state index contributed by atoms with van der Waals surface area (Å²) >= 11 is 0. The van der Waals surface area contributed by atoms with Crippen molar-refractivity contribution in [2.45, 2.75) is 30.1 Å². The Labute approximate surface area is 205 Å². The van der Waals surface area contributed by atoms with Crippen molar-refractivity contribution in [2.75, 3.05) is 24.5 Å². The molecule has 0 unspecified atom stereocenters. The maximum atomic E-state index is 12.9. The van der Waals surface area contributed by atoms with Gasteiger partial charge in [-0.2, -0.15) is 0 Å². The van der Waals surface area contributed by atoms with Crippen molar-refractivity contribution >= 4 is 27.6 Å². The Kier molecular flexibility index (Phi) is 6.93. The first kappa shape index (κ1) is 24.5. The number of esters is 1. The number of carbonyl (C=O) groups excluding carboxylic acids is 2. The molecular weight excluding hydrogens is 464 g/mol. The summed E-state index contributed by atoms with van der Waals surface area (Å²) in [5.41, 5.74) is 2.76. The summed E-state index contributed by atoms with van der Waals surface area (Å²) < 4.78 is 32.0. The molecule has 0 saturated heterocycles. The highest BCUT2D eigenvalue weighted by atomic mass is 32.2. The highest BCUT2D eigenvalue weighted by Crippen LogP contribution is 2.47. The van der Waals surface area contributed by atoms with E-state index in [2.05, 4.69) is 17.4 Å². The lowest BCUT2D eigenvalue weighted by molar-refractivity contribution is -0.124. The zero-order valence-electron chi connectivity index (χ0n) is 19.7. The molecule has 7 nitrogen and oxygen atoms in total. The van der Waals surface area contributed by atoms with Gasteiger partial charge in [-0.3, -0.25) is 9.10 Å². The van der Waals surface area contributed by atoms with E-state index in [1.165, 1.54) is 36.9 Å².